The van der Waals surface area contributed by atoms with Crippen molar-refractivity contribution in [2.45, 2.75) is 66.2 Å². The van der Waals surface area contributed by atoms with Gasteiger partial charge in [0.15, 0.2) is 0 Å². The lowest BCUT2D eigenvalue weighted by atomic mass is 10.0. The van der Waals surface area contributed by atoms with Gasteiger partial charge in [0, 0.05) is 11.8 Å². The highest BCUT2D eigenvalue weighted by molar-refractivity contribution is 7.99. The second-order valence-electron chi connectivity index (χ2n) is 6.44. The predicted octanol–water partition coefficient (Wildman–Crippen LogP) is 2.79. The summed E-state index contributed by atoms with van der Waals surface area (Å²) < 4.78 is 5.20. The zero-order valence-corrected chi connectivity index (χ0v) is 15.1. The highest BCUT2D eigenvalue weighted by Crippen LogP contribution is 2.09. The fourth-order valence-corrected chi connectivity index (χ4v) is 2.31. The summed E-state index contributed by atoms with van der Waals surface area (Å²) in [6.45, 7) is 13.2. The summed E-state index contributed by atoms with van der Waals surface area (Å²) in [4.78, 5) is 24.1. The monoisotopic (exact) mass is 318 g/mol. The van der Waals surface area contributed by atoms with Crippen LogP contribution in [0.15, 0.2) is 0 Å². The van der Waals surface area contributed by atoms with E-state index in [9.17, 15) is 9.59 Å². The van der Waals surface area contributed by atoms with Gasteiger partial charge in [-0.05, 0) is 39.4 Å². The van der Waals surface area contributed by atoms with Crippen molar-refractivity contribution in [3.05, 3.63) is 0 Å². The van der Waals surface area contributed by atoms with Crippen LogP contribution in [0.3, 0.4) is 0 Å². The first-order chi connectivity index (χ1) is 9.56. The first-order valence-electron chi connectivity index (χ1n) is 7.44. The van der Waals surface area contributed by atoms with E-state index in [1.54, 1.807) is 32.5 Å². The van der Waals surface area contributed by atoms with Gasteiger partial charge in [0.1, 0.15) is 11.6 Å². The number of carbonyl (C=O) groups is 2. The zero-order chi connectivity index (χ0) is 16.6. The molecule has 0 aromatic carbocycles. The second kappa shape index (κ2) is 9.18. The van der Waals surface area contributed by atoms with Crippen LogP contribution in [0, 0.1) is 5.92 Å². The summed E-state index contributed by atoms with van der Waals surface area (Å²) in [5.74, 6) is 1.70. The number of alkyl carbamates (subject to hydrolysis) is 1. The number of ether oxygens (including phenoxy) is 1. The quantitative estimate of drug-likeness (QED) is 0.757. The SMILES string of the molecule is CCSCC(C)NC(=O)C(NC(=O)OC(C)(C)C)C(C)C. The second-order valence-corrected chi connectivity index (χ2v) is 7.76. The molecule has 21 heavy (non-hydrogen) atoms. The molecule has 124 valence electrons. The van der Waals surface area contributed by atoms with E-state index in [2.05, 4.69) is 17.6 Å². The highest BCUT2D eigenvalue weighted by Gasteiger charge is 2.27. The maximum Gasteiger partial charge on any atom is 0.408 e. The first-order valence-corrected chi connectivity index (χ1v) is 8.60. The van der Waals surface area contributed by atoms with E-state index >= 15 is 0 Å². The summed E-state index contributed by atoms with van der Waals surface area (Å²) in [5, 5.41) is 5.59. The van der Waals surface area contributed by atoms with Crippen LogP contribution in [-0.2, 0) is 9.53 Å². The lowest BCUT2D eigenvalue weighted by Crippen LogP contribution is -2.52. The molecule has 0 saturated heterocycles. The van der Waals surface area contributed by atoms with E-state index in [4.69, 9.17) is 4.74 Å². The third kappa shape index (κ3) is 9.61. The normalized spacial score (nSPS) is 14.5. The van der Waals surface area contributed by atoms with E-state index < -0.39 is 17.7 Å². The maximum atomic E-state index is 12.3. The standard InChI is InChI=1S/C15H30N2O3S/c1-8-21-9-11(4)16-13(18)12(10(2)3)17-14(19)20-15(5,6)7/h10-12H,8-9H2,1-7H3,(H,16,18)(H,17,19). The van der Waals surface area contributed by atoms with Gasteiger partial charge in [-0.1, -0.05) is 20.8 Å². The molecule has 0 spiro atoms. The van der Waals surface area contributed by atoms with Crippen LogP contribution < -0.4 is 10.6 Å². The topological polar surface area (TPSA) is 67.4 Å². The van der Waals surface area contributed by atoms with Crippen molar-refractivity contribution in [2.75, 3.05) is 11.5 Å². The Kier molecular flexibility index (Phi) is 8.78. The Labute approximate surface area is 133 Å². The van der Waals surface area contributed by atoms with Crippen molar-refractivity contribution in [1.82, 2.24) is 10.6 Å². The van der Waals surface area contributed by atoms with Gasteiger partial charge in [-0.2, -0.15) is 11.8 Å². The molecule has 0 aliphatic carbocycles. The van der Waals surface area contributed by atoms with Crippen LogP contribution in [-0.4, -0.2) is 41.2 Å². The van der Waals surface area contributed by atoms with Gasteiger partial charge in [-0.15, -0.1) is 0 Å². The third-order valence-electron chi connectivity index (χ3n) is 2.58. The number of hydrogen-bond acceptors (Lipinski definition) is 4. The van der Waals surface area contributed by atoms with Crippen LogP contribution in [0.5, 0.6) is 0 Å². The average molecular weight is 318 g/mol. The number of amides is 2. The van der Waals surface area contributed by atoms with Crippen molar-refractivity contribution in [3.63, 3.8) is 0 Å². The van der Waals surface area contributed by atoms with Gasteiger partial charge < -0.3 is 15.4 Å². The van der Waals surface area contributed by atoms with Crippen molar-refractivity contribution in [3.8, 4) is 0 Å². The van der Waals surface area contributed by atoms with Crippen molar-refractivity contribution < 1.29 is 14.3 Å². The Morgan fingerprint density at radius 3 is 2.14 bits per heavy atom. The Morgan fingerprint density at radius 2 is 1.71 bits per heavy atom. The van der Waals surface area contributed by atoms with Crippen LogP contribution in [0.1, 0.15) is 48.5 Å². The van der Waals surface area contributed by atoms with E-state index in [0.717, 1.165) is 11.5 Å². The van der Waals surface area contributed by atoms with Gasteiger partial charge in [-0.25, -0.2) is 4.79 Å². The van der Waals surface area contributed by atoms with E-state index in [-0.39, 0.29) is 17.9 Å². The number of carbonyl (C=O) groups excluding carboxylic acids is 2. The van der Waals surface area contributed by atoms with Crippen LogP contribution in [0.2, 0.25) is 0 Å². The molecule has 2 N–H and O–H groups in total. The highest BCUT2D eigenvalue weighted by atomic mass is 32.2. The molecule has 6 heteroatoms. The number of nitrogens with one attached hydrogen (secondary N) is 2. The largest absolute Gasteiger partial charge is 0.444 e. The molecule has 5 nitrogen and oxygen atoms in total. The first kappa shape index (κ1) is 20.1. The minimum Gasteiger partial charge on any atom is -0.444 e. The van der Waals surface area contributed by atoms with Crippen molar-refractivity contribution >= 4 is 23.8 Å². The molecule has 2 unspecified atom stereocenters. The summed E-state index contributed by atoms with van der Waals surface area (Å²) in [5.41, 5.74) is -0.576. The molecular formula is C15H30N2O3S. The molecule has 0 radical (unpaired) electrons. The number of rotatable bonds is 7. The van der Waals surface area contributed by atoms with E-state index in [1.165, 1.54) is 0 Å². The molecule has 2 amide bonds. The van der Waals surface area contributed by atoms with Crippen LogP contribution in [0.4, 0.5) is 4.79 Å². The minimum atomic E-state index is -0.589. The molecule has 0 heterocycles. The molecule has 2 atom stereocenters. The summed E-state index contributed by atoms with van der Waals surface area (Å²) in [6, 6.07) is -0.516. The van der Waals surface area contributed by atoms with Crippen molar-refractivity contribution in [1.29, 1.82) is 0 Å². The fourth-order valence-electron chi connectivity index (χ4n) is 1.64. The van der Waals surface area contributed by atoms with Crippen molar-refractivity contribution in [2.24, 2.45) is 5.92 Å². The van der Waals surface area contributed by atoms with Crippen LogP contribution >= 0.6 is 11.8 Å². The fraction of sp³-hybridized carbons (Fsp3) is 0.867. The number of hydrogen-bond donors (Lipinski definition) is 2. The Bertz CT molecular complexity index is 340. The predicted molar refractivity (Wildman–Crippen MR) is 88.6 cm³/mol. The molecular weight excluding hydrogens is 288 g/mol. The van der Waals surface area contributed by atoms with Gasteiger partial charge in [0.05, 0.1) is 0 Å². The molecule has 0 rings (SSSR count). The summed E-state index contributed by atoms with van der Waals surface area (Å²) in [6.07, 6.45) is -0.563. The molecule has 0 aliphatic rings. The summed E-state index contributed by atoms with van der Waals surface area (Å²) >= 11 is 1.77. The molecule has 0 saturated carbocycles. The van der Waals surface area contributed by atoms with Gasteiger partial charge >= 0.3 is 6.09 Å². The Hall–Kier alpha value is -0.910. The molecule has 0 bridgehead atoms. The summed E-state index contributed by atoms with van der Waals surface area (Å²) in [7, 11) is 0. The van der Waals surface area contributed by atoms with Gasteiger partial charge in [0.25, 0.3) is 0 Å². The van der Waals surface area contributed by atoms with Gasteiger partial charge in [0.2, 0.25) is 5.91 Å². The molecule has 0 aliphatic heterocycles. The molecule has 0 aromatic heterocycles. The Morgan fingerprint density at radius 1 is 1.14 bits per heavy atom. The third-order valence-corrected chi connectivity index (χ3v) is 3.73. The smallest absolute Gasteiger partial charge is 0.408 e. The molecule has 0 aromatic rings. The minimum absolute atomic E-state index is 0.0106. The van der Waals surface area contributed by atoms with E-state index in [0.29, 0.717) is 0 Å². The van der Waals surface area contributed by atoms with Crippen LogP contribution in [0.25, 0.3) is 0 Å². The average Bonchev–Trinajstić information content (AvgIpc) is 2.30. The lowest BCUT2D eigenvalue weighted by molar-refractivity contribution is -0.124. The number of thioether (sulfide) groups is 1. The lowest BCUT2D eigenvalue weighted by Gasteiger charge is -2.26. The Balaban J connectivity index is 4.53. The van der Waals surface area contributed by atoms with Gasteiger partial charge in [-0.3, -0.25) is 4.79 Å². The van der Waals surface area contributed by atoms with E-state index in [1.807, 2.05) is 20.8 Å². The molecule has 0 fully saturated rings. The maximum absolute atomic E-state index is 12.3. The zero-order valence-electron chi connectivity index (χ0n) is 14.3.